The maximum atomic E-state index is 14.8. The lowest BCUT2D eigenvalue weighted by molar-refractivity contribution is -0.236. The van der Waals surface area contributed by atoms with Gasteiger partial charge in [0.05, 0.1) is 0 Å². The second-order valence-electron chi connectivity index (χ2n) is 4.25. The minimum absolute atomic E-state index is 0.451. The van der Waals surface area contributed by atoms with Crippen LogP contribution in [0.1, 0.15) is 27.2 Å². The zero-order valence-corrected chi connectivity index (χ0v) is 12.3. The van der Waals surface area contributed by atoms with Gasteiger partial charge in [-0.25, -0.2) is 4.39 Å². The number of rotatable bonds is 4. The monoisotopic (exact) mass is 302 g/mol. The van der Waals surface area contributed by atoms with Gasteiger partial charge >= 0.3 is 6.18 Å². The molecule has 2 unspecified atom stereocenters. The molecule has 1 rings (SSSR count). The van der Waals surface area contributed by atoms with E-state index < -0.39 is 28.3 Å². The Morgan fingerprint density at radius 1 is 1.22 bits per heavy atom. The molecule has 6 heteroatoms. The van der Waals surface area contributed by atoms with Crippen molar-refractivity contribution in [1.29, 1.82) is 0 Å². The second-order valence-corrected chi connectivity index (χ2v) is 7.53. The van der Waals surface area contributed by atoms with Crippen molar-refractivity contribution in [3.8, 4) is 0 Å². The third kappa shape index (κ3) is 2.42. The van der Waals surface area contributed by atoms with E-state index in [4.69, 9.17) is 0 Å². The fourth-order valence-electron chi connectivity index (χ4n) is 2.34. The molecular formula is C12H18F4S2. The molecule has 0 aromatic heterocycles. The summed E-state index contributed by atoms with van der Waals surface area (Å²) in [6, 6.07) is 0. The quantitative estimate of drug-likeness (QED) is 0.404. The first-order valence-electron chi connectivity index (χ1n) is 5.95. The third-order valence-corrected chi connectivity index (χ3v) is 6.68. The lowest BCUT2D eigenvalue weighted by atomic mass is 9.83. The van der Waals surface area contributed by atoms with Gasteiger partial charge in [0.2, 0.25) is 5.67 Å². The minimum atomic E-state index is -4.84. The Labute approximate surface area is 114 Å². The Balaban J connectivity index is 3.31. The van der Waals surface area contributed by atoms with Gasteiger partial charge in [-0.3, -0.25) is 0 Å². The zero-order chi connectivity index (χ0) is 14.0. The summed E-state index contributed by atoms with van der Waals surface area (Å²) >= 11 is 2.17. The average Bonchev–Trinajstić information content (AvgIpc) is 2.25. The van der Waals surface area contributed by atoms with Crippen LogP contribution < -0.4 is 0 Å². The number of hydrogen-bond acceptors (Lipinski definition) is 2. The molecule has 1 aliphatic rings. The van der Waals surface area contributed by atoms with Crippen LogP contribution in [0.4, 0.5) is 17.6 Å². The molecule has 0 saturated heterocycles. The van der Waals surface area contributed by atoms with Gasteiger partial charge in [0, 0.05) is 12.3 Å². The lowest BCUT2D eigenvalue weighted by Gasteiger charge is -2.49. The van der Waals surface area contributed by atoms with E-state index in [9.17, 15) is 17.6 Å². The zero-order valence-electron chi connectivity index (χ0n) is 10.7. The Kier molecular flexibility index (Phi) is 5.09. The Morgan fingerprint density at radius 3 is 2.11 bits per heavy atom. The molecule has 18 heavy (non-hydrogen) atoms. The fraction of sp³-hybridized carbons (Fsp3) is 0.833. The summed E-state index contributed by atoms with van der Waals surface area (Å²) in [5, 5.41) is 0. The number of halogens is 4. The highest BCUT2D eigenvalue weighted by molar-refractivity contribution is 8.18. The van der Waals surface area contributed by atoms with E-state index in [1.165, 1.54) is 6.08 Å². The minimum Gasteiger partial charge on any atom is -0.231 e. The van der Waals surface area contributed by atoms with Crippen molar-refractivity contribution in [1.82, 2.24) is 0 Å². The summed E-state index contributed by atoms with van der Waals surface area (Å²) in [6.45, 7) is 5.20. The van der Waals surface area contributed by atoms with Crippen LogP contribution in [0.15, 0.2) is 12.2 Å². The van der Waals surface area contributed by atoms with Gasteiger partial charge in [0.15, 0.2) is 0 Å². The van der Waals surface area contributed by atoms with Crippen LogP contribution in [0.25, 0.3) is 0 Å². The van der Waals surface area contributed by atoms with Crippen LogP contribution >= 0.6 is 23.5 Å². The van der Waals surface area contributed by atoms with Gasteiger partial charge in [0.1, 0.15) is 4.08 Å². The predicted molar refractivity (Wildman–Crippen MR) is 71.8 cm³/mol. The van der Waals surface area contributed by atoms with Crippen LogP contribution in [0.2, 0.25) is 0 Å². The summed E-state index contributed by atoms with van der Waals surface area (Å²) in [4.78, 5) is 0. The molecule has 0 radical (unpaired) electrons. The van der Waals surface area contributed by atoms with Crippen molar-refractivity contribution in [2.75, 3.05) is 11.5 Å². The topological polar surface area (TPSA) is 0 Å². The highest BCUT2D eigenvalue weighted by atomic mass is 32.2. The van der Waals surface area contributed by atoms with Crippen LogP contribution in [0.3, 0.4) is 0 Å². The SMILES string of the molecule is CCSC1(SCC)C(C)C=CCC1(F)C(F)(F)F. The van der Waals surface area contributed by atoms with Gasteiger partial charge < -0.3 is 0 Å². The normalized spacial score (nSPS) is 31.6. The van der Waals surface area contributed by atoms with Crippen molar-refractivity contribution < 1.29 is 17.6 Å². The van der Waals surface area contributed by atoms with Crippen molar-refractivity contribution in [2.24, 2.45) is 5.92 Å². The Bertz CT molecular complexity index is 308. The maximum absolute atomic E-state index is 14.8. The highest BCUT2D eigenvalue weighted by Gasteiger charge is 2.70. The number of alkyl halides is 4. The van der Waals surface area contributed by atoms with Crippen LogP contribution in [0.5, 0.6) is 0 Å². The lowest BCUT2D eigenvalue weighted by Crippen LogP contribution is -2.60. The van der Waals surface area contributed by atoms with Crippen molar-refractivity contribution in [2.45, 2.75) is 43.1 Å². The van der Waals surface area contributed by atoms with Crippen molar-refractivity contribution in [3.63, 3.8) is 0 Å². The average molecular weight is 302 g/mol. The van der Waals surface area contributed by atoms with Gasteiger partial charge in [-0.15, -0.1) is 23.5 Å². The Morgan fingerprint density at radius 2 is 1.72 bits per heavy atom. The molecule has 0 bridgehead atoms. The first-order valence-corrected chi connectivity index (χ1v) is 7.92. The van der Waals surface area contributed by atoms with Crippen LogP contribution in [-0.2, 0) is 0 Å². The van der Waals surface area contributed by atoms with E-state index in [0.717, 1.165) is 23.5 Å². The molecule has 0 aliphatic heterocycles. The third-order valence-electron chi connectivity index (χ3n) is 3.14. The molecule has 0 spiro atoms. The molecule has 0 fully saturated rings. The standard InChI is InChI=1S/C12H18F4S2/c1-4-17-11(18-5-2)9(3)7-6-8-10(11,13)12(14,15)16/h6-7,9H,4-5,8H2,1-3H3. The van der Waals surface area contributed by atoms with Gasteiger partial charge in [-0.05, 0) is 11.5 Å². The smallest absolute Gasteiger partial charge is 0.231 e. The molecule has 0 N–H and O–H groups in total. The molecule has 0 nitrogen and oxygen atoms in total. The summed E-state index contributed by atoms with van der Waals surface area (Å²) in [5.74, 6) is 0.479. The van der Waals surface area contributed by atoms with Gasteiger partial charge in [-0.1, -0.05) is 32.9 Å². The molecular weight excluding hydrogens is 284 g/mol. The van der Waals surface area contributed by atoms with Crippen LogP contribution in [0, 0.1) is 5.92 Å². The summed E-state index contributed by atoms with van der Waals surface area (Å²) in [6.07, 6.45) is -2.39. The molecule has 1 aliphatic carbocycles. The first kappa shape index (κ1) is 16.2. The second kappa shape index (κ2) is 5.65. The fourth-order valence-corrected chi connectivity index (χ4v) is 5.78. The molecule has 0 heterocycles. The number of hydrogen-bond donors (Lipinski definition) is 0. The maximum Gasteiger partial charge on any atom is 0.425 e. The molecule has 106 valence electrons. The Hall–Kier alpha value is 0.160. The summed E-state index contributed by atoms with van der Waals surface area (Å²) in [5.41, 5.74) is -3.16. The van der Waals surface area contributed by atoms with E-state index in [-0.39, 0.29) is 0 Å². The van der Waals surface area contributed by atoms with Gasteiger partial charge in [0.25, 0.3) is 0 Å². The predicted octanol–water partition coefficient (Wildman–Crippen LogP) is 5.06. The van der Waals surface area contributed by atoms with E-state index in [2.05, 4.69) is 0 Å². The first-order chi connectivity index (χ1) is 8.25. The van der Waals surface area contributed by atoms with Crippen molar-refractivity contribution >= 4 is 23.5 Å². The van der Waals surface area contributed by atoms with Gasteiger partial charge in [-0.2, -0.15) is 13.2 Å². The van der Waals surface area contributed by atoms with E-state index in [0.29, 0.717) is 11.5 Å². The van der Waals surface area contributed by atoms with Crippen LogP contribution in [-0.4, -0.2) is 27.4 Å². The van der Waals surface area contributed by atoms with E-state index in [1.807, 2.05) is 0 Å². The highest BCUT2D eigenvalue weighted by Crippen LogP contribution is 2.61. The van der Waals surface area contributed by atoms with E-state index in [1.54, 1.807) is 26.8 Å². The number of allylic oxidation sites excluding steroid dienone is 2. The molecule has 0 saturated carbocycles. The molecule has 0 amide bonds. The summed E-state index contributed by atoms with van der Waals surface area (Å²) < 4.78 is 53.0. The largest absolute Gasteiger partial charge is 0.425 e. The van der Waals surface area contributed by atoms with Crippen molar-refractivity contribution in [3.05, 3.63) is 12.2 Å². The molecule has 2 atom stereocenters. The summed E-state index contributed by atoms with van der Waals surface area (Å²) in [7, 11) is 0. The van der Waals surface area contributed by atoms with E-state index >= 15 is 0 Å². The number of thioether (sulfide) groups is 2. The molecule has 0 aromatic rings. The molecule has 0 aromatic carbocycles.